The molecule has 0 saturated heterocycles. The van der Waals surface area contributed by atoms with E-state index in [-0.39, 0.29) is 11.9 Å². The fraction of sp³-hybridized carbons (Fsp3) is 0.312. The van der Waals surface area contributed by atoms with Crippen molar-refractivity contribution in [3.05, 3.63) is 41.8 Å². The number of halogens is 1. The Kier molecular flexibility index (Phi) is 6.39. The number of ether oxygens (including phenoxy) is 1. The Hall–Kier alpha value is -2.32. The molecule has 0 spiro atoms. The van der Waals surface area contributed by atoms with Crippen molar-refractivity contribution in [1.82, 2.24) is 15.3 Å². The van der Waals surface area contributed by atoms with Crippen LogP contribution in [0.2, 0.25) is 0 Å². The van der Waals surface area contributed by atoms with Crippen LogP contribution >= 0.6 is 12.2 Å². The molecule has 24 heavy (non-hydrogen) atoms. The fourth-order valence-electron chi connectivity index (χ4n) is 2.02. The van der Waals surface area contributed by atoms with Crippen LogP contribution in [0.5, 0.6) is 0 Å². The van der Waals surface area contributed by atoms with E-state index in [1.165, 1.54) is 12.1 Å². The summed E-state index contributed by atoms with van der Waals surface area (Å²) in [4.78, 5) is 8.66. The van der Waals surface area contributed by atoms with E-state index in [9.17, 15) is 4.39 Å². The predicted octanol–water partition coefficient (Wildman–Crippen LogP) is 2.99. The first-order valence-electron chi connectivity index (χ1n) is 7.41. The maximum absolute atomic E-state index is 13.0. The predicted molar refractivity (Wildman–Crippen MR) is 97.1 cm³/mol. The van der Waals surface area contributed by atoms with Crippen molar-refractivity contribution in [2.24, 2.45) is 0 Å². The molecule has 2 aromatic rings. The zero-order valence-electron chi connectivity index (χ0n) is 13.8. The van der Waals surface area contributed by atoms with Crippen molar-refractivity contribution in [2.75, 3.05) is 24.4 Å². The molecule has 0 unspecified atom stereocenters. The van der Waals surface area contributed by atoms with E-state index in [0.29, 0.717) is 23.5 Å². The fourth-order valence-corrected chi connectivity index (χ4v) is 2.32. The summed E-state index contributed by atoms with van der Waals surface area (Å²) in [7, 11) is 1.63. The SMILES string of the molecule is COC[C@@H](C)NC(=S)Nc1nc(C)cc(Nc2ccc(F)cc2)n1. The highest BCUT2D eigenvalue weighted by molar-refractivity contribution is 7.80. The Morgan fingerprint density at radius 1 is 1.29 bits per heavy atom. The molecule has 128 valence electrons. The Labute approximate surface area is 145 Å². The van der Waals surface area contributed by atoms with Crippen molar-refractivity contribution in [2.45, 2.75) is 19.9 Å². The van der Waals surface area contributed by atoms with Crippen LogP contribution in [0.1, 0.15) is 12.6 Å². The molecule has 0 aliphatic heterocycles. The molecular weight excluding hydrogens is 329 g/mol. The monoisotopic (exact) mass is 349 g/mol. The summed E-state index contributed by atoms with van der Waals surface area (Å²) in [5, 5.41) is 9.55. The maximum atomic E-state index is 13.0. The number of hydrogen-bond acceptors (Lipinski definition) is 5. The average molecular weight is 349 g/mol. The number of benzene rings is 1. The molecule has 8 heteroatoms. The van der Waals surface area contributed by atoms with Gasteiger partial charge in [0.05, 0.1) is 6.61 Å². The lowest BCUT2D eigenvalue weighted by molar-refractivity contribution is 0.179. The molecule has 1 atom stereocenters. The van der Waals surface area contributed by atoms with Crippen LogP contribution in [-0.4, -0.2) is 34.8 Å². The third-order valence-electron chi connectivity index (χ3n) is 2.99. The van der Waals surface area contributed by atoms with E-state index < -0.39 is 0 Å². The summed E-state index contributed by atoms with van der Waals surface area (Å²) >= 11 is 5.24. The number of hydrogen-bond donors (Lipinski definition) is 3. The molecule has 1 aromatic carbocycles. The van der Waals surface area contributed by atoms with Crippen LogP contribution in [0.4, 0.5) is 21.8 Å². The van der Waals surface area contributed by atoms with E-state index in [0.717, 1.165) is 11.4 Å². The summed E-state index contributed by atoms with van der Waals surface area (Å²) in [5.41, 5.74) is 1.50. The molecule has 3 N–H and O–H groups in total. The molecule has 0 aliphatic carbocycles. The highest BCUT2D eigenvalue weighted by atomic mass is 32.1. The molecule has 2 rings (SSSR count). The largest absolute Gasteiger partial charge is 0.383 e. The Morgan fingerprint density at radius 2 is 2.00 bits per heavy atom. The summed E-state index contributed by atoms with van der Waals surface area (Å²) in [6.07, 6.45) is 0. The molecule has 0 bridgehead atoms. The summed E-state index contributed by atoms with van der Waals surface area (Å²) in [6, 6.07) is 7.89. The van der Waals surface area contributed by atoms with E-state index in [1.54, 1.807) is 25.3 Å². The van der Waals surface area contributed by atoms with Gasteiger partial charge in [0.1, 0.15) is 11.6 Å². The van der Waals surface area contributed by atoms with Crippen molar-refractivity contribution < 1.29 is 9.13 Å². The number of methoxy groups -OCH3 is 1. The van der Waals surface area contributed by atoms with Crippen molar-refractivity contribution in [3.8, 4) is 0 Å². The minimum Gasteiger partial charge on any atom is -0.383 e. The summed E-state index contributed by atoms with van der Waals surface area (Å²) in [5.74, 6) is 0.675. The number of aryl methyl sites for hydroxylation is 1. The quantitative estimate of drug-likeness (QED) is 0.693. The second-order valence-corrected chi connectivity index (χ2v) is 5.71. The number of aromatic nitrogens is 2. The van der Waals surface area contributed by atoms with Gasteiger partial charge in [-0.05, 0) is 50.3 Å². The summed E-state index contributed by atoms with van der Waals surface area (Å²) < 4.78 is 18.0. The number of nitrogens with one attached hydrogen (secondary N) is 3. The number of nitrogens with zero attached hydrogens (tertiary/aromatic N) is 2. The van der Waals surface area contributed by atoms with E-state index in [4.69, 9.17) is 17.0 Å². The van der Waals surface area contributed by atoms with Gasteiger partial charge in [0.15, 0.2) is 5.11 Å². The van der Waals surface area contributed by atoms with Gasteiger partial charge in [0.2, 0.25) is 5.95 Å². The zero-order valence-corrected chi connectivity index (χ0v) is 14.6. The van der Waals surface area contributed by atoms with Crippen molar-refractivity contribution in [1.29, 1.82) is 0 Å². The highest BCUT2D eigenvalue weighted by Crippen LogP contribution is 2.17. The Balaban J connectivity index is 2.05. The van der Waals surface area contributed by atoms with Crippen LogP contribution in [0.25, 0.3) is 0 Å². The van der Waals surface area contributed by atoms with Crippen LogP contribution in [0, 0.1) is 12.7 Å². The minimum absolute atomic E-state index is 0.0663. The van der Waals surface area contributed by atoms with Gasteiger partial charge in [-0.3, -0.25) is 0 Å². The average Bonchev–Trinajstić information content (AvgIpc) is 2.49. The van der Waals surface area contributed by atoms with Crippen LogP contribution in [0.15, 0.2) is 30.3 Å². The summed E-state index contributed by atoms with van der Waals surface area (Å²) in [6.45, 7) is 4.34. The second kappa shape index (κ2) is 8.51. The molecule has 0 radical (unpaired) electrons. The zero-order chi connectivity index (χ0) is 17.5. The van der Waals surface area contributed by atoms with Gasteiger partial charge in [0.25, 0.3) is 0 Å². The Bertz CT molecular complexity index is 695. The third kappa shape index (κ3) is 5.71. The molecular formula is C16H20FN5OS. The molecule has 1 heterocycles. The van der Waals surface area contributed by atoms with Crippen molar-refractivity contribution >= 4 is 34.8 Å². The van der Waals surface area contributed by atoms with Gasteiger partial charge in [0, 0.05) is 30.6 Å². The lowest BCUT2D eigenvalue weighted by Gasteiger charge is -2.16. The Morgan fingerprint density at radius 3 is 2.67 bits per heavy atom. The highest BCUT2D eigenvalue weighted by Gasteiger charge is 2.07. The van der Waals surface area contributed by atoms with Gasteiger partial charge in [-0.2, -0.15) is 4.98 Å². The lowest BCUT2D eigenvalue weighted by atomic mass is 10.3. The lowest BCUT2D eigenvalue weighted by Crippen LogP contribution is -2.38. The van der Waals surface area contributed by atoms with Crippen LogP contribution < -0.4 is 16.0 Å². The molecule has 0 saturated carbocycles. The minimum atomic E-state index is -0.289. The maximum Gasteiger partial charge on any atom is 0.231 e. The van der Waals surface area contributed by atoms with Gasteiger partial charge in [-0.25, -0.2) is 9.37 Å². The molecule has 0 fully saturated rings. The normalized spacial score (nSPS) is 11.7. The molecule has 0 aliphatic rings. The smallest absolute Gasteiger partial charge is 0.231 e. The van der Waals surface area contributed by atoms with E-state index >= 15 is 0 Å². The molecule has 0 amide bonds. The second-order valence-electron chi connectivity index (χ2n) is 5.30. The first-order valence-corrected chi connectivity index (χ1v) is 7.82. The van der Waals surface area contributed by atoms with Crippen LogP contribution in [-0.2, 0) is 4.74 Å². The first kappa shape index (κ1) is 18.0. The van der Waals surface area contributed by atoms with Gasteiger partial charge >= 0.3 is 0 Å². The van der Waals surface area contributed by atoms with Gasteiger partial charge in [-0.15, -0.1) is 0 Å². The number of anilines is 3. The van der Waals surface area contributed by atoms with E-state index in [1.807, 2.05) is 13.8 Å². The molecule has 1 aromatic heterocycles. The van der Waals surface area contributed by atoms with Crippen molar-refractivity contribution in [3.63, 3.8) is 0 Å². The van der Waals surface area contributed by atoms with E-state index in [2.05, 4.69) is 25.9 Å². The van der Waals surface area contributed by atoms with Gasteiger partial charge in [-0.1, -0.05) is 0 Å². The molecule has 6 nitrogen and oxygen atoms in total. The standard InChI is InChI=1S/C16H20FN5OS/c1-10-8-14(20-13-6-4-12(17)5-7-13)21-15(18-10)22-16(24)19-11(2)9-23-3/h4-8,11H,9H2,1-3H3,(H3,18,19,20,21,22,24)/t11-/m1/s1. The number of rotatable bonds is 6. The number of thiocarbonyl (C=S) groups is 1. The van der Waals surface area contributed by atoms with Crippen LogP contribution in [0.3, 0.4) is 0 Å². The first-order chi connectivity index (χ1) is 11.5. The topological polar surface area (TPSA) is 71.1 Å². The third-order valence-corrected chi connectivity index (χ3v) is 3.21. The van der Waals surface area contributed by atoms with Gasteiger partial charge < -0.3 is 20.7 Å².